The topological polar surface area (TPSA) is 59.3 Å². The molecule has 1 saturated heterocycles. The van der Waals surface area contributed by atoms with E-state index in [-0.39, 0.29) is 10.6 Å². The molecule has 0 bridgehead atoms. The highest BCUT2D eigenvalue weighted by atomic mass is 16.6. The van der Waals surface area contributed by atoms with Crippen molar-refractivity contribution in [2.75, 3.05) is 18.0 Å². The van der Waals surface area contributed by atoms with Crippen LogP contribution in [0.1, 0.15) is 23.6 Å². The van der Waals surface area contributed by atoms with Gasteiger partial charge in [-0.2, -0.15) is 0 Å². The molecule has 2 heterocycles. The van der Waals surface area contributed by atoms with Gasteiger partial charge in [-0.25, -0.2) is 0 Å². The molecule has 1 fully saturated rings. The first-order chi connectivity index (χ1) is 12.1. The van der Waals surface area contributed by atoms with Gasteiger partial charge < -0.3 is 4.90 Å². The van der Waals surface area contributed by atoms with Crippen LogP contribution in [-0.2, 0) is 0 Å². The summed E-state index contributed by atoms with van der Waals surface area (Å²) in [7, 11) is 0. The molecule has 0 N–H and O–H groups in total. The summed E-state index contributed by atoms with van der Waals surface area (Å²) in [5.41, 5.74) is 4.25. The number of hydrogen-bond donors (Lipinski definition) is 0. The monoisotopic (exact) mass is 333 g/mol. The molecule has 5 nitrogen and oxygen atoms in total. The Morgan fingerprint density at radius 2 is 1.96 bits per heavy atom. The van der Waals surface area contributed by atoms with Crippen LogP contribution in [0, 0.1) is 17.0 Å². The third-order valence-electron chi connectivity index (χ3n) is 4.91. The normalized spacial score (nSPS) is 17.2. The predicted molar refractivity (Wildman–Crippen MR) is 99.1 cm³/mol. The molecule has 1 aliphatic heterocycles. The predicted octanol–water partition coefficient (Wildman–Crippen LogP) is 4.45. The van der Waals surface area contributed by atoms with E-state index >= 15 is 0 Å². The maximum absolute atomic E-state index is 11.2. The van der Waals surface area contributed by atoms with Crippen molar-refractivity contribution in [3.8, 4) is 0 Å². The highest BCUT2D eigenvalue weighted by Crippen LogP contribution is 2.35. The number of nitro groups is 1. The Kier molecular flexibility index (Phi) is 3.84. The van der Waals surface area contributed by atoms with E-state index in [4.69, 9.17) is 0 Å². The zero-order valence-corrected chi connectivity index (χ0v) is 14.1. The Morgan fingerprint density at radius 1 is 1.16 bits per heavy atom. The van der Waals surface area contributed by atoms with E-state index in [2.05, 4.69) is 34.1 Å². The molecule has 0 amide bonds. The third-order valence-corrected chi connectivity index (χ3v) is 4.91. The number of rotatable bonds is 3. The van der Waals surface area contributed by atoms with Crippen LogP contribution < -0.4 is 4.90 Å². The smallest absolute Gasteiger partial charge is 0.270 e. The number of aromatic nitrogens is 1. The minimum absolute atomic E-state index is 0.109. The summed E-state index contributed by atoms with van der Waals surface area (Å²) in [4.78, 5) is 17.7. The van der Waals surface area contributed by atoms with Gasteiger partial charge in [0.15, 0.2) is 0 Å². The van der Waals surface area contributed by atoms with E-state index in [1.807, 2.05) is 19.1 Å². The van der Waals surface area contributed by atoms with E-state index in [0.717, 1.165) is 41.8 Å². The van der Waals surface area contributed by atoms with Gasteiger partial charge in [0.2, 0.25) is 0 Å². The quantitative estimate of drug-likeness (QED) is 0.525. The summed E-state index contributed by atoms with van der Waals surface area (Å²) < 4.78 is 0. The number of non-ortho nitro benzene ring substituents is 1. The molecule has 0 saturated carbocycles. The number of aryl methyl sites for hydroxylation is 1. The standard InChI is InChI=1S/C20H19N3O2/c1-14-11-20(18-12-17(23(24)25)7-8-19(18)21-14)22-10-9-16(13-22)15-5-3-2-4-6-15/h2-8,11-12,16H,9-10,13H2,1H3. The minimum atomic E-state index is -0.347. The van der Waals surface area contributed by atoms with Gasteiger partial charge >= 0.3 is 0 Å². The lowest BCUT2D eigenvalue weighted by molar-refractivity contribution is -0.384. The molecule has 0 radical (unpaired) electrons. The van der Waals surface area contributed by atoms with Crippen molar-refractivity contribution < 1.29 is 4.92 Å². The van der Waals surface area contributed by atoms with Gasteiger partial charge in [-0.1, -0.05) is 30.3 Å². The Hall–Kier alpha value is -2.95. The lowest BCUT2D eigenvalue weighted by Crippen LogP contribution is -2.20. The lowest BCUT2D eigenvalue weighted by Gasteiger charge is -2.21. The van der Waals surface area contributed by atoms with Crippen molar-refractivity contribution in [3.05, 3.63) is 76.0 Å². The van der Waals surface area contributed by atoms with Gasteiger partial charge in [0.1, 0.15) is 0 Å². The molecular weight excluding hydrogens is 314 g/mol. The highest BCUT2D eigenvalue weighted by molar-refractivity contribution is 5.93. The molecule has 25 heavy (non-hydrogen) atoms. The van der Waals surface area contributed by atoms with Gasteiger partial charge in [-0.3, -0.25) is 15.1 Å². The molecular formula is C20H19N3O2. The number of benzene rings is 2. The van der Waals surface area contributed by atoms with Gasteiger partial charge in [0, 0.05) is 47.9 Å². The van der Waals surface area contributed by atoms with Crippen molar-refractivity contribution in [2.24, 2.45) is 0 Å². The number of nitro benzene ring substituents is 1. The minimum Gasteiger partial charge on any atom is -0.370 e. The van der Waals surface area contributed by atoms with E-state index in [1.165, 1.54) is 11.6 Å². The molecule has 5 heteroatoms. The molecule has 0 spiro atoms. The average Bonchev–Trinajstić information content (AvgIpc) is 3.11. The lowest BCUT2D eigenvalue weighted by atomic mass is 9.99. The fraction of sp³-hybridized carbons (Fsp3) is 0.250. The Morgan fingerprint density at radius 3 is 2.72 bits per heavy atom. The zero-order chi connectivity index (χ0) is 17.4. The Bertz CT molecular complexity index is 940. The molecule has 2 aromatic carbocycles. The first-order valence-corrected chi connectivity index (χ1v) is 8.47. The second-order valence-electron chi connectivity index (χ2n) is 6.58. The molecule has 1 atom stereocenters. The first-order valence-electron chi connectivity index (χ1n) is 8.47. The summed E-state index contributed by atoms with van der Waals surface area (Å²) in [5, 5.41) is 12.0. The second kappa shape index (κ2) is 6.16. The molecule has 1 aliphatic rings. The number of anilines is 1. The van der Waals surface area contributed by atoms with Crippen LogP contribution in [0.15, 0.2) is 54.6 Å². The molecule has 3 aromatic rings. The molecule has 126 valence electrons. The number of nitrogens with zero attached hydrogens (tertiary/aromatic N) is 3. The molecule has 1 unspecified atom stereocenters. The first kappa shape index (κ1) is 15.6. The summed E-state index contributed by atoms with van der Waals surface area (Å²) in [6.07, 6.45) is 1.09. The SMILES string of the molecule is Cc1cc(N2CCC(c3ccccc3)C2)c2cc([N+](=O)[O-])ccc2n1. The van der Waals surface area contributed by atoms with Crippen molar-refractivity contribution in [3.63, 3.8) is 0 Å². The molecule has 4 rings (SSSR count). The van der Waals surface area contributed by atoms with E-state index in [1.54, 1.807) is 12.1 Å². The maximum Gasteiger partial charge on any atom is 0.270 e. The van der Waals surface area contributed by atoms with E-state index < -0.39 is 0 Å². The van der Waals surface area contributed by atoms with Gasteiger partial charge in [0.25, 0.3) is 5.69 Å². The van der Waals surface area contributed by atoms with Gasteiger partial charge in [-0.15, -0.1) is 0 Å². The van der Waals surface area contributed by atoms with Crippen LogP contribution in [-0.4, -0.2) is 23.0 Å². The third kappa shape index (κ3) is 2.93. The summed E-state index contributed by atoms with van der Waals surface area (Å²) in [6.45, 7) is 3.83. The van der Waals surface area contributed by atoms with Gasteiger partial charge in [0.05, 0.1) is 10.4 Å². The number of fused-ring (bicyclic) bond motifs is 1. The number of hydrogen-bond acceptors (Lipinski definition) is 4. The van der Waals surface area contributed by atoms with Crippen molar-refractivity contribution in [1.82, 2.24) is 4.98 Å². The van der Waals surface area contributed by atoms with E-state index in [0.29, 0.717) is 5.92 Å². The maximum atomic E-state index is 11.2. The zero-order valence-electron chi connectivity index (χ0n) is 14.1. The second-order valence-corrected chi connectivity index (χ2v) is 6.58. The van der Waals surface area contributed by atoms with Crippen molar-refractivity contribution in [2.45, 2.75) is 19.3 Å². The van der Waals surface area contributed by atoms with Gasteiger partial charge in [-0.05, 0) is 31.0 Å². The largest absolute Gasteiger partial charge is 0.370 e. The van der Waals surface area contributed by atoms with Crippen LogP contribution >= 0.6 is 0 Å². The van der Waals surface area contributed by atoms with Crippen LogP contribution in [0.4, 0.5) is 11.4 Å². The van der Waals surface area contributed by atoms with Crippen molar-refractivity contribution in [1.29, 1.82) is 0 Å². The number of pyridine rings is 1. The van der Waals surface area contributed by atoms with Crippen molar-refractivity contribution >= 4 is 22.3 Å². The fourth-order valence-electron chi connectivity index (χ4n) is 3.68. The molecule has 1 aromatic heterocycles. The summed E-state index contributed by atoms with van der Waals surface area (Å²) >= 11 is 0. The average molecular weight is 333 g/mol. The van der Waals surface area contributed by atoms with E-state index in [9.17, 15) is 10.1 Å². The fourth-order valence-corrected chi connectivity index (χ4v) is 3.68. The summed E-state index contributed by atoms with van der Waals surface area (Å²) in [6, 6.07) is 17.5. The highest BCUT2D eigenvalue weighted by Gasteiger charge is 2.25. The van der Waals surface area contributed by atoms with Crippen LogP contribution in [0.3, 0.4) is 0 Å². The molecule has 0 aliphatic carbocycles. The van der Waals surface area contributed by atoms with Crippen LogP contribution in [0.25, 0.3) is 10.9 Å². The Labute approximate surface area is 146 Å². The summed E-state index contributed by atoms with van der Waals surface area (Å²) in [5.74, 6) is 0.489. The Balaban J connectivity index is 1.73. The van der Waals surface area contributed by atoms with Crippen LogP contribution in [0.2, 0.25) is 0 Å². The van der Waals surface area contributed by atoms with Crippen LogP contribution in [0.5, 0.6) is 0 Å².